The van der Waals surface area contributed by atoms with E-state index in [0.717, 1.165) is 0 Å². The van der Waals surface area contributed by atoms with Crippen molar-refractivity contribution in [3.05, 3.63) is 44.4 Å². The molecular formula is C8H3F2N3O4. The number of H-pyrrole nitrogens is 1. The van der Waals surface area contributed by atoms with Crippen molar-refractivity contribution in [1.82, 2.24) is 10.2 Å². The molecule has 0 radical (unpaired) electrons. The fourth-order valence-electron chi connectivity index (χ4n) is 1.20. The zero-order valence-electron chi connectivity index (χ0n) is 7.94. The van der Waals surface area contributed by atoms with E-state index in [1.165, 1.54) is 0 Å². The second-order valence-electron chi connectivity index (χ2n) is 2.96. The van der Waals surface area contributed by atoms with Crippen molar-refractivity contribution in [3.63, 3.8) is 0 Å². The normalized spacial score (nSPS) is 10.5. The fourth-order valence-corrected chi connectivity index (χ4v) is 1.20. The molecule has 0 saturated carbocycles. The molecule has 0 unspecified atom stereocenters. The van der Waals surface area contributed by atoms with Gasteiger partial charge in [0, 0.05) is 0 Å². The second-order valence-corrected chi connectivity index (χ2v) is 2.96. The van der Waals surface area contributed by atoms with Gasteiger partial charge in [-0.15, -0.1) is 5.10 Å². The van der Waals surface area contributed by atoms with Crippen LogP contribution < -0.4 is 5.76 Å². The van der Waals surface area contributed by atoms with Crippen molar-refractivity contribution in [3.8, 4) is 11.5 Å². The van der Waals surface area contributed by atoms with Gasteiger partial charge in [-0.1, -0.05) is 0 Å². The van der Waals surface area contributed by atoms with Gasteiger partial charge in [-0.05, 0) is 6.07 Å². The van der Waals surface area contributed by atoms with Crippen LogP contribution in [0.15, 0.2) is 21.3 Å². The lowest BCUT2D eigenvalue weighted by Crippen LogP contribution is -1.96. The average molecular weight is 243 g/mol. The Bertz CT molecular complexity index is 648. The first-order chi connectivity index (χ1) is 7.99. The van der Waals surface area contributed by atoms with E-state index in [0.29, 0.717) is 12.1 Å². The molecular weight excluding hydrogens is 240 g/mol. The van der Waals surface area contributed by atoms with Gasteiger partial charge >= 0.3 is 5.76 Å². The predicted molar refractivity (Wildman–Crippen MR) is 49.1 cm³/mol. The van der Waals surface area contributed by atoms with E-state index < -0.39 is 39.5 Å². The summed E-state index contributed by atoms with van der Waals surface area (Å²) in [6, 6.07) is 0.923. The largest absolute Gasteiger partial charge is 0.434 e. The number of nitrogens with one attached hydrogen (secondary N) is 1. The summed E-state index contributed by atoms with van der Waals surface area (Å²) >= 11 is 0. The number of benzene rings is 1. The first kappa shape index (κ1) is 10.9. The molecule has 1 heterocycles. The maximum absolute atomic E-state index is 13.0. The molecule has 0 aliphatic carbocycles. The monoisotopic (exact) mass is 243 g/mol. The first-order valence-corrected chi connectivity index (χ1v) is 4.18. The first-order valence-electron chi connectivity index (χ1n) is 4.18. The molecule has 0 aliphatic rings. The van der Waals surface area contributed by atoms with Crippen LogP contribution >= 0.6 is 0 Å². The molecule has 2 rings (SSSR count). The molecule has 2 aromatic rings. The highest BCUT2D eigenvalue weighted by Gasteiger charge is 2.23. The molecule has 9 heteroatoms. The Morgan fingerprint density at radius 1 is 1.35 bits per heavy atom. The number of hydrogen-bond donors (Lipinski definition) is 1. The van der Waals surface area contributed by atoms with E-state index in [9.17, 15) is 23.7 Å². The van der Waals surface area contributed by atoms with E-state index in [2.05, 4.69) is 9.52 Å². The number of hydrogen-bond acceptors (Lipinski definition) is 5. The quantitative estimate of drug-likeness (QED) is 0.630. The number of nitro groups is 1. The standard InChI is InChI=1S/C8H3F2N3O4/c9-4-1-3(7-11-12-8(14)17-7)6(13(15)16)2-5(4)10/h1-2H,(H,12,14). The Balaban J connectivity index is 2.71. The molecule has 0 atom stereocenters. The Kier molecular flexibility index (Phi) is 2.42. The molecule has 17 heavy (non-hydrogen) atoms. The highest BCUT2D eigenvalue weighted by molar-refractivity contribution is 5.66. The number of rotatable bonds is 2. The lowest BCUT2D eigenvalue weighted by atomic mass is 10.1. The van der Waals surface area contributed by atoms with Crippen LogP contribution in [0.3, 0.4) is 0 Å². The van der Waals surface area contributed by atoms with Crippen LogP contribution in [0.4, 0.5) is 14.5 Å². The van der Waals surface area contributed by atoms with Crippen molar-refractivity contribution in [1.29, 1.82) is 0 Å². The third kappa shape index (κ3) is 1.89. The highest BCUT2D eigenvalue weighted by atomic mass is 19.2. The third-order valence-corrected chi connectivity index (χ3v) is 1.90. The molecule has 88 valence electrons. The third-order valence-electron chi connectivity index (χ3n) is 1.90. The van der Waals surface area contributed by atoms with Crippen LogP contribution in [0.25, 0.3) is 11.5 Å². The van der Waals surface area contributed by atoms with Crippen molar-refractivity contribution < 1.29 is 18.1 Å². The molecule has 1 aromatic heterocycles. The van der Waals surface area contributed by atoms with Gasteiger partial charge in [-0.25, -0.2) is 18.7 Å². The summed E-state index contributed by atoms with van der Waals surface area (Å²) in [6.07, 6.45) is 0. The highest BCUT2D eigenvalue weighted by Crippen LogP contribution is 2.29. The van der Waals surface area contributed by atoms with E-state index >= 15 is 0 Å². The molecule has 0 saturated heterocycles. The minimum atomic E-state index is -1.38. The van der Waals surface area contributed by atoms with E-state index in [1.807, 2.05) is 5.10 Å². The summed E-state index contributed by atoms with van der Waals surface area (Å²) in [5, 5.41) is 15.8. The van der Waals surface area contributed by atoms with Crippen LogP contribution in [0, 0.1) is 21.7 Å². The number of halogens is 2. The second kappa shape index (κ2) is 3.77. The zero-order valence-corrected chi connectivity index (χ0v) is 7.94. The van der Waals surface area contributed by atoms with Gasteiger partial charge in [0.2, 0.25) is 0 Å². The van der Waals surface area contributed by atoms with Gasteiger partial charge in [0.1, 0.15) is 5.56 Å². The molecule has 7 nitrogen and oxygen atoms in total. The minimum absolute atomic E-state index is 0.388. The van der Waals surface area contributed by atoms with Crippen molar-refractivity contribution >= 4 is 5.69 Å². The summed E-state index contributed by atoms with van der Waals surface area (Å²) in [6.45, 7) is 0. The zero-order chi connectivity index (χ0) is 12.6. The van der Waals surface area contributed by atoms with Crippen molar-refractivity contribution in [2.75, 3.05) is 0 Å². The Labute approximate surface area is 90.8 Å². The Morgan fingerprint density at radius 2 is 2.00 bits per heavy atom. The van der Waals surface area contributed by atoms with Crippen molar-refractivity contribution in [2.45, 2.75) is 0 Å². The van der Waals surface area contributed by atoms with Gasteiger partial charge in [-0.2, -0.15) is 0 Å². The van der Waals surface area contributed by atoms with Crippen LogP contribution in [0.1, 0.15) is 0 Å². The molecule has 1 N–H and O–H groups in total. The van der Waals surface area contributed by atoms with Gasteiger partial charge in [0.25, 0.3) is 11.6 Å². The SMILES string of the molecule is O=c1[nH]nc(-c2cc(F)c(F)cc2[N+](=O)[O-])o1. The summed E-state index contributed by atoms with van der Waals surface area (Å²) in [5.41, 5.74) is -1.17. The predicted octanol–water partition coefficient (Wildman–Crippen LogP) is 1.22. The lowest BCUT2D eigenvalue weighted by molar-refractivity contribution is -0.384. The maximum atomic E-state index is 13.0. The molecule has 0 amide bonds. The molecule has 0 spiro atoms. The number of aromatic nitrogens is 2. The molecule has 0 fully saturated rings. The van der Waals surface area contributed by atoms with Gasteiger partial charge in [0.05, 0.1) is 11.0 Å². The fraction of sp³-hybridized carbons (Fsp3) is 0. The number of nitrogens with zero attached hydrogens (tertiary/aromatic N) is 2. The molecule has 0 bridgehead atoms. The topological polar surface area (TPSA) is 102 Å². The lowest BCUT2D eigenvalue weighted by Gasteiger charge is -1.99. The minimum Gasteiger partial charge on any atom is -0.387 e. The van der Waals surface area contributed by atoms with Crippen LogP contribution in [0.5, 0.6) is 0 Å². The van der Waals surface area contributed by atoms with Crippen LogP contribution in [-0.2, 0) is 0 Å². The molecule has 1 aromatic carbocycles. The van der Waals surface area contributed by atoms with E-state index in [-0.39, 0.29) is 0 Å². The maximum Gasteiger partial charge on any atom is 0.434 e. The smallest absolute Gasteiger partial charge is 0.387 e. The summed E-state index contributed by atoms with van der Waals surface area (Å²) < 4.78 is 30.2. The summed E-state index contributed by atoms with van der Waals surface area (Å²) in [4.78, 5) is 20.4. The summed E-state index contributed by atoms with van der Waals surface area (Å²) in [5.74, 6) is -4.13. The Morgan fingerprint density at radius 3 is 2.53 bits per heavy atom. The number of nitro benzene ring substituents is 1. The average Bonchev–Trinajstić information content (AvgIpc) is 2.68. The van der Waals surface area contributed by atoms with Crippen LogP contribution in [0.2, 0.25) is 0 Å². The number of aromatic amines is 1. The van der Waals surface area contributed by atoms with Gasteiger partial charge in [-0.3, -0.25) is 10.1 Å². The van der Waals surface area contributed by atoms with Crippen LogP contribution in [-0.4, -0.2) is 15.1 Å². The van der Waals surface area contributed by atoms with Crippen molar-refractivity contribution in [2.24, 2.45) is 0 Å². The molecule has 0 aliphatic heterocycles. The summed E-state index contributed by atoms with van der Waals surface area (Å²) in [7, 11) is 0. The van der Waals surface area contributed by atoms with E-state index in [1.54, 1.807) is 0 Å². The van der Waals surface area contributed by atoms with Gasteiger partial charge < -0.3 is 4.42 Å². The van der Waals surface area contributed by atoms with Gasteiger partial charge in [0.15, 0.2) is 11.6 Å². The van der Waals surface area contributed by atoms with E-state index in [4.69, 9.17) is 0 Å². The Hall–Kier alpha value is -2.58.